The maximum atomic E-state index is 15.0. The Balaban J connectivity index is 1.29. The van der Waals surface area contributed by atoms with Crippen molar-refractivity contribution in [2.75, 3.05) is 37.7 Å². The number of halogens is 1. The summed E-state index contributed by atoms with van der Waals surface area (Å²) in [7, 11) is 0. The van der Waals surface area contributed by atoms with Crippen LogP contribution in [-0.2, 0) is 35.2 Å². The highest BCUT2D eigenvalue weighted by Crippen LogP contribution is 2.30. The number of nitrogens with zero attached hydrogens (tertiary/aromatic N) is 1. The van der Waals surface area contributed by atoms with Crippen molar-refractivity contribution in [1.29, 1.82) is 0 Å². The quantitative estimate of drug-likeness (QED) is 0.292. The lowest BCUT2D eigenvalue weighted by Crippen LogP contribution is -2.49. The highest BCUT2D eigenvalue weighted by molar-refractivity contribution is 5.90. The number of esters is 2. The van der Waals surface area contributed by atoms with E-state index in [0.717, 1.165) is 5.56 Å². The van der Waals surface area contributed by atoms with Crippen LogP contribution < -0.4 is 20.3 Å². The molecule has 11 nitrogen and oxygen atoms in total. The van der Waals surface area contributed by atoms with Crippen molar-refractivity contribution in [2.45, 2.75) is 50.9 Å². The molecule has 2 saturated heterocycles. The lowest BCUT2D eigenvalue weighted by Gasteiger charge is -2.36. The van der Waals surface area contributed by atoms with E-state index in [2.05, 4.69) is 10.6 Å². The summed E-state index contributed by atoms with van der Waals surface area (Å²) < 4.78 is 37.0. The zero-order valence-electron chi connectivity index (χ0n) is 22.9. The van der Waals surface area contributed by atoms with Crippen LogP contribution in [0.25, 0.3) is 0 Å². The summed E-state index contributed by atoms with van der Waals surface area (Å²) >= 11 is 0. The first-order valence-electron chi connectivity index (χ1n) is 13.5. The topological polar surface area (TPSA) is 132 Å². The molecule has 0 aliphatic carbocycles. The molecule has 2 heterocycles. The number of hydrogen-bond acceptors (Lipinski definition) is 9. The van der Waals surface area contributed by atoms with E-state index in [0.29, 0.717) is 25.9 Å². The third-order valence-corrected chi connectivity index (χ3v) is 6.79. The lowest BCUT2D eigenvalue weighted by molar-refractivity contribution is -0.168. The molecule has 2 aromatic carbocycles. The van der Waals surface area contributed by atoms with Crippen molar-refractivity contribution in [3.8, 4) is 5.75 Å². The van der Waals surface area contributed by atoms with Crippen molar-refractivity contribution in [2.24, 2.45) is 0 Å². The fourth-order valence-corrected chi connectivity index (χ4v) is 4.55. The lowest BCUT2D eigenvalue weighted by atomic mass is 9.93. The van der Waals surface area contributed by atoms with Gasteiger partial charge in [0.1, 0.15) is 24.9 Å². The summed E-state index contributed by atoms with van der Waals surface area (Å²) in [6.45, 7) is 2.87. The average molecular weight is 572 g/mol. The van der Waals surface area contributed by atoms with Crippen LogP contribution in [0.4, 0.5) is 14.9 Å². The Bertz CT molecular complexity index is 1240. The minimum absolute atomic E-state index is 0.0606. The summed E-state index contributed by atoms with van der Waals surface area (Å²) in [6, 6.07) is 13.3. The Morgan fingerprint density at radius 1 is 1.10 bits per heavy atom. The van der Waals surface area contributed by atoms with E-state index in [1.54, 1.807) is 0 Å². The van der Waals surface area contributed by atoms with Gasteiger partial charge in [-0.2, -0.15) is 0 Å². The first kappa shape index (κ1) is 29.8. The standard InChI is InChI=1S/C29H34FN3O8/c1-20(34)32-16-23-17-33(28(37)40-23)22-7-8-25(24(30)15-22)39-19-29(11-13-31-14-12-29)41-27(36)10-9-26(35)38-18-21-5-3-2-4-6-21/h2-8,15,23,31H,9-14,16-19H2,1H3,(H,32,34)/t23-/m0/s1. The molecule has 2 fully saturated rings. The molecule has 12 heteroatoms. The highest BCUT2D eigenvalue weighted by atomic mass is 19.1. The molecular formula is C29H34FN3O8. The van der Waals surface area contributed by atoms with Crippen LogP contribution >= 0.6 is 0 Å². The molecule has 2 aliphatic heterocycles. The molecule has 2 aromatic rings. The smallest absolute Gasteiger partial charge is 0.414 e. The molecule has 0 spiro atoms. The average Bonchev–Trinajstić information content (AvgIpc) is 3.34. The van der Waals surface area contributed by atoms with E-state index in [4.69, 9.17) is 18.9 Å². The molecule has 0 aromatic heterocycles. The van der Waals surface area contributed by atoms with Gasteiger partial charge >= 0.3 is 18.0 Å². The summed E-state index contributed by atoms with van der Waals surface area (Å²) in [5.74, 6) is -2.08. The van der Waals surface area contributed by atoms with Crippen LogP contribution in [-0.4, -0.2) is 68.4 Å². The van der Waals surface area contributed by atoms with E-state index in [-0.39, 0.29) is 56.5 Å². The summed E-state index contributed by atoms with van der Waals surface area (Å²) in [5.41, 5.74) is 0.144. The third-order valence-electron chi connectivity index (χ3n) is 6.79. The van der Waals surface area contributed by atoms with E-state index in [1.165, 1.54) is 30.0 Å². The minimum atomic E-state index is -0.989. The fraction of sp³-hybridized carbons (Fsp3) is 0.448. The summed E-state index contributed by atoms with van der Waals surface area (Å²) in [4.78, 5) is 49.4. The van der Waals surface area contributed by atoms with Crippen molar-refractivity contribution in [3.63, 3.8) is 0 Å². The van der Waals surface area contributed by atoms with Crippen molar-refractivity contribution < 1.29 is 42.5 Å². The van der Waals surface area contributed by atoms with Gasteiger partial charge in [0.15, 0.2) is 11.6 Å². The Morgan fingerprint density at radius 2 is 1.83 bits per heavy atom. The molecule has 0 bridgehead atoms. The van der Waals surface area contributed by atoms with Crippen LogP contribution in [0, 0.1) is 5.82 Å². The van der Waals surface area contributed by atoms with E-state index in [9.17, 15) is 23.6 Å². The van der Waals surface area contributed by atoms with Gasteiger partial charge in [0, 0.05) is 25.8 Å². The Labute approximate surface area is 237 Å². The second-order valence-electron chi connectivity index (χ2n) is 10.0. The highest BCUT2D eigenvalue weighted by Gasteiger charge is 2.38. The SMILES string of the molecule is CC(=O)NC[C@H]1CN(c2ccc(OCC3(OC(=O)CCC(=O)OCc4ccccc4)CCNCC3)c(F)c2)C(=O)O1. The summed E-state index contributed by atoms with van der Waals surface area (Å²) in [5, 5.41) is 5.79. The maximum Gasteiger partial charge on any atom is 0.414 e. The number of carbonyl (C=O) groups excluding carboxylic acids is 4. The largest absolute Gasteiger partial charge is 0.486 e. The van der Waals surface area contributed by atoms with Gasteiger partial charge in [-0.1, -0.05) is 30.3 Å². The fourth-order valence-electron chi connectivity index (χ4n) is 4.55. The van der Waals surface area contributed by atoms with E-state index >= 15 is 0 Å². The predicted molar refractivity (Wildman–Crippen MR) is 145 cm³/mol. The number of benzene rings is 2. The van der Waals surface area contributed by atoms with Crippen LogP contribution in [0.1, 0.15) is 38.2 Å². The van der Waals surface area contributed by atoms with Gasteiger partial charge in [0.05, 0.1) is 31.6 Å². The van der Waals surface area contributed by atoms with Gasteiger partial charge in [-0.25, -0.2) is 9.18 Å². The first-order chi connectivity index (χ1) is 19.7. The van der Waals surface area contributed by atoms with Gasteiger partial charge in [-0.3, -0.25) is 19.3 Å². The van der Waals surface area contributed by atoms with E-state index < -0.39 is 35.6 Å². The second kappa shape index (κ2) is 13.9. The Morgan fingerprint density at radius 3 is 2.54 bits per heavy atom. The molecule has 220 valence electrons. The monoisotopic (exact) mass is 571 g/mol. The van der Waals surface area contributed by atoms with Gasteiger partial charge in [-0.05, 0) is 30.8 Å². The molecule has 0 unspecified atom stereocenters. The zero-order valence-corrected chi connectivity index (χ0v) is 22.9. The van der Waals surface area contributed by atoms with Crippen molar-refractivity contribution in [3.05, 3.63) is 59.9 Å². The van der Waals surface area contributed by atoms with Crippen LogP contribution in [0.3, 0.4) is 0 Å². The van der Waals surface area contributed by atoms with Crippen molar-refractivity contribution in [1.82, 2.24) is 10.6 Å². The Hall–Kier alpha value is -4.19. The van der Waals surface area contributed by atoms with E-state index in [1.807, 2.05) is 30.3 Å². The van der Waals surface area contributed by atoms with Gasteiger partial charge in [0.2, 0.25) is 5.91 Å². The van der Waals surface area contributed by atoms with Crippen LogP contribution in [0.2, 0.25) is 0 Å². The Kier molecular flexibility index (Phi) is 10.1. The number of carbonyl (C=O) groups is 4. The molecule has 0 radical (unpaired) electrons. The molecule has 2 aliphatic rings. The number of ether oxygens (including phenoxy) is 4. The molecule has 1 atom stereocenters. The number of nitrogens with one attached hydrogen (secondary N) is 2. The molecule has 4 rings (SSSR count). The number of piperidine rings is 1. The zero-order chi connectivity index (χ0) is 29.2. The number of cyclic esters (lactones) is 1. The number of anilines is 1. The molecular weight excluding hydrogens is 537 g/mol. The summed E-state index contributed by atoms with van der Waals surface area (Å²) in [6.07, 6.45) is -0.566. The molecule has 41 heavy (non-hydrogen) atoms. The van der Waals surface area contributed by atoms with Gasteiger partial charge in [-0.15, -0.1) is 0 Å². The molecule has 2 N–H and O–H groups in total. The first-order valence-corrected chi connectivity index (χ1v) is 13.5. The number of amides is 2. The van der Waals surface area contributed by atoms with Gasteiger partial charge < -0.3 is 29.6 Å². The van der Waals surface area contributed by atoms with Crippen molar-refractivity contribution >= 4 is 29.6 Å². The molecule has 2 amide bonds. The molecule has 0 saturated carbocycles. The normalized spacial score (nSPS) is 17.9. The number of hydrogen-bond donors (Lipinski definition) is 2. The minimum Gasteiger partial charge on any atom is -0.486 e. The maximum absolute atomic E-state index is 15.0. The van der Waals surface area contributed by atoms with Crippen LogP contribution in [0.15, 0.2) is 48.5 Å². The third kappa shape index (κ3) is 8.65. The second-order valence-corrected chi connectivity index (χ2v) is 10.0. The number of rotatable bonds is 12. The van der Waals surface area contributed by atoms with Gasteiger partial charge in [0.25, 0.3) is 0 Å². The predicted octanol–water partition coefficient (Wildman–Crippen LogP) is 2.85. The van der Waals surface area contributed by atoms with Crippen LogP contribution in [0.5, 0.6) is 5.75 Å².